The molecule has 0 atom stereocenters. The van der Waals surface area contributed by atoms with Gasteiger partial charge in [-0.1, -0.05) is 12.1 Å². The summed E-state index contributed by atoms with van der Waals surface area (Å²) in [5, 5.41) is 3.57. The van der Waals surface area contributed by atoms with Gasteiger partial charge in [-0.25, -0.2) is 8.42 Å². The van der Waals surface area contributed by atoms with Gasteiger partial charge in [0.1, 0.15) is 0 Å². The van der Waals surface area contributed by atoms with E-state index in [9.17, 15) is 22.0 Å². The number of halogens is 2. The molecule has 0 bridgehead atoms. The van der Waals surface area contributed by atoms with Crippen LogP contribution < -0.4 is 5.32 Å². The molecule has 1 heterocycles. The molecule has 1 aliphatic heterocycles. The number of hydrogen-bond acceptors (Lipinski definition) is 4. The van der Waals surface area contributed by atoms with Crippen molar-refractivity contribution >= 4 is 15.7 Å². The van der Waals surface area contributed by atoms with Crippen LogP contribution >= 0.6 is 0 Å². The maximum atomic E-state index is 12.5. The Morgan fingerprint density at radius 3 is 2.27 bits per heavy atom. The highest BCUT2D eigenvalue weighted by Gasteiger charge is 2.27. The lowest BCUT2D eigenvalue weighted by molar-refractivity contribution is -0.131. The van der Waals surface area contributed by atoms with Gasteiger partial charge in [0, 0.05) is 19.1 Å². The van der Waals surface area contributed by atoms with Crippen LogP contribution in [0.1, 0.15) is 31.2 Å². The number of carbonyl (C=O) groups is 1. The molecule has 1 aromatic rings. The van der Waals surface area contributed by atoms with E-state index in [2.05, 4.69) is 5.32 Å². The third kappa shape index (κ3) is 4.79. The average Bonchev–Trinajstić information content (AvgIpc) is 3.45. The highest BCUT2D eigenvalue weighted by atomic mass is 32.2. The first-order valence-corrected chi connectivity index (χ1v) is 10.5. The van der Waals surface area contributed by atoms with Crippen LogP contribution in [-0.2, 0) is 21.1 Å². The molecule has 1 amide bonds. The quantitative estimate of drug-likeness (QED) is 0.780. The van der Waals surface area contributed by atoms with Crippen molar-refractivity contribution in [1.82, 2.24) is 10.2 Å². The van der Waals surface area contributed by atoms with Crippen LogP contribution in [0, 0.1) is 5.92 Å². The standard InChI is InChI=1S/C18H24F2N2O3S/c19-18(20)26(24,25)16-5-3-13(4-6-16)11-17(23)22-9-7-15(8-10-22)21-12-14-1-2-14/h3-6,14-15,18,21H,1-2,7-12H2. The maximum absolute atomic E-state index is 12.5. The summed E-state index contributed by atoms with van der Waals surface area (Å²) in [7, 11) is -4.59. The van der Waals surface area contributed by atoms with E-state index in [-0.39, 0.29) is 12.3 Å². The van der Waals surface area contributed by atoms with Crippen LogP contribution in [-0.4, -0.2) is 50.7 Å². The zero-order chi connectivity index (χ0) is 18.7. The van der Waals surface area contributed by atoms with Gasteiger partial charge in [0.2, 0.25) is 15.7 Å². The highest BCUT2D eigenvalue weighted by Crippen LogP contribution is 2.28. The topological polar surface area (TPSA) is 66.5 Å². The highest BCUT2D eigenvalue weighted by molar-refractivity contribution is 7.91. The minimum atomic E-state index is -4.59. The summed E-state index contributed by atoms with van der Waals surface area (Å²) < 4.78 is 47.9. The van der Waals surface area contributed by atoms with Gasteiger partial charge in [-0.2, -0.15) is 8.78 Å². The van der Waals surface area contributed by atoms with Crippen LogP contribution in [0.2, 0.25) is 0 Å². The van der Waals surface area contributed by atoms with Crippen molar-refractivity contribution in [3.63, 3.8) is 0 Å². The fraction of sp³-hybridized carbons (Fsp3) is 0.611. The van der Waals surface area contributed by atoms with Crippen LogP contribution in [0.4, 0.5) is 8.78 Å². The minimum Gasteiger partial charge on any atom is -0.342 e. The summed E-state index contributed by atoms with van der Waals surface area (Å²) >= 11 is 0. The van der Waals surface area contributed by atoms with Gasteiger partial charge in [-0.3, -0.25) is 4.79 Å². The van der Waals surface area contributed by atoms with Crippen LogP contribution in [0.3, 0.4) is 0 Å². The number of rotatable bonds is 7. The lowest BCUT2D eigenvalue weighted by atomic mass is 10.0. The summed E-state index contributed by atoms with van der Waals surface area (Å²) in [5.41, 5.74) is 0.622. The molecule has 1 saturated carbocycles. The number of nitrogens with one attached hydrogen (secondary N) is 1. The van der Waals surface area contributed by atoms with Crippen molar-refractivity contribution in [1.29, 1.82) is 0 Å². The second-order valence-electron chi connectivity index (χ2n) is 7.13. The lowest BCUT2D eigenvalue weighted by Crippen LogP contribution is -2.45. The summed E-state index contributed by atoms with van der Waals surface area (Å²) in [4.78, 5) is 13.8. The smallest absolute Gasteiger partial charge is 0.341 e. The van der Waals surface area contributed by atoms with E-state index in [0.717, 1.165) is 37.4 Å². The van der Waals surface area contributed by atoms with E-state index in [4.69, 9.17) is 0 Å². The lowest BCUT2D eigenvalue weighted by Gasteiger charge is -2.32. The third-order valence-electron chi connectivity index (χ3n) is 5.08. The Labute approximate surface area is 152 Å². The number of alkyl halides is 2. The van der Waals surface area contributed by atoms with Crippen LogP contribution in [0.25, 0.3) is 0 Å². The van der Waals surface area contributed by atoms with Gasteiger partial charge >= 0.3 is 5.76 Å². The van der Waals surface area contributed by atoms with Crippen molar-refractivity contribution in [2.45, 2.75) is 48.8 Å². The minimum absolute atomic E-state index is 0.0184. The van der Waals surface area contributed by atoms with Crippen molar-refractivity contribution in [3.05, 3.63) is 29.8 Å². The normalized spacial score (nSPS) is 19.1. The van der Waals surface area contributed by atoms with Gasteiger partial charge in [0.05, 0.1) is 11.3 Å². The summed E-state index contributed by atoms with van der Waals surface area (Å²) in [6.45, 7) is 2.49. The second-order valence-corrected chi connectivity index (χ2v) is 9.05. The van der Waals surface area contributed by atoms with E-state index in [1.54, 1.807) is 0 Å². The van der Waals surface area contributed by atoms with Crippen molar-refractivity contribution in [3.8, 4) is 0 Å². The molecule has 0 radical (unpaired) electrons. The molecule has 2 fully saturated rings. The number of piperidine rings is 1. The Kier molecular flexibility index (Phi) is 5.92. The van der Waals surface area contributed by atoms with Gasteiger partial charge in [0.25, 0.3) is 0 Å². The summed E-state index contributed by atoms with van der Waals surface area (Å²) in [6, 6.07) is 5.60. The molecule has 5 nitrogen and oxygen atoms in total. The number of likely N-dealkylation sites (tertiary alicyclic amines) is 1. The Morgan fingerprint density at radius 1 is 1.12 bits per heavy atom. The second kappa shape index (κ2) is 8.00. The molecule has 8 heteroatoms. The monoisotopic (exact) mass is 386 g/mol. The SMILES string of the molecule is O=C(Cc1ccc(S(=O)(=O)C(F)F)cc1)N1CCC(NCC2CC2)CC1. The first-order chi connectivity index (χ1) is 12.4. The van der Waals surface area contributed by atoms with Gasteiger partial charge in [-0.15, -0.1) is 0 Å². The van der Waals surface area contributed by atoms with Crippen molar-refractivity contribution < 1.29 is 22.0 Å². The third-order valence-corrected chi connectivity index (χ3v) is 6.48. The Balaban J connectivity index is 1.49. The zero-order valence-corrected chi connectivity index (χ0v) is 15.4. The van der Waals surface area contributed by atoms with Crippen LogP contribution in [0.5, 0.6) is 0 Å². The molecule has 1 aromatic carbocycles. The Morgan fingerprint density at radius 2 is 1.73 bits per heavy atom. The molecule has 0 unspecified atom stereocenters. The molecular formula is C18H24F2N2O3S. The predicted molar refractivity (Wildman–Crippen MR) is 93.7 cm³/mol. The van der Waals surface area contributed by atoms with E-state index < -0.39 is 20.5 Å². The Bertz CT molecular complexity index is 725. The largest absolute Gasteiger partial charge is 0.342 e. The molecule has 0 spiro atoms. The van der Waals surface area contributed by atoms with E-state index in [1.807, 2.05) is 4.90 Å². The molecule has 1 N–H and O–H groups in total. The molecule has 144 valence electrons. The number of nitrogens with zero attached hydrogens (tertiary/aromatic N) is 1. The van der Waals surface area contributed by atoms with E-state index >= 15 is 0 Å². The molecule has 3 rings (SSSR count). The van der Waals surface area contributed by atoms with E-state index in [0.29, 0.717) is 24.7 Å². The van der Waals surface area contributed by atoms with Crippen molar-refractivity contribution in [2.75, 3.05) is 19.6 Å². The molecule has 1 aliphatic carbocycles. The van der Waals surface area contributed by atoms with Crippen molar-refractivity contribution in [2.24, 2.45) is 5.92 Å². The van der Waals surface area contributed by atoms with Gasteiger partial charge < -0.3 is 10.2 Å². The number of hydrogen-bond donors (Lipinski definition) is 1. The molecule has 0 aromatic heterocycles. The number of carbonyl (C=O) groups excluding carboxylic acids is 1. The first kappa shape index (κ1) is 19.2. The van der Waals surface area contributed by atoms with Crippen LogP contribution in [0.15, 0.2) is 29.2 Å². The molecule has 26 heavy (non-hydrogen) atoms. The fourth-order valence-corrected chi connectivity index (χ4v) is 3.90. The predicted octanol–water partition coefficient (Wildman–Crippen LogP) is 2.22. The Hall–Kier alpha value is -1.54. The molecule has 2 aliphatic rings. The number of benzene rings is 1. The summed E-state index contributed by atoms with van der Waals surface area (Å²) in [6.07, 6.45) is 4.66. The number of amides is 1. The summed E-state index contributed by atoms with van der Waals surface area (Å²) in [5.74, 6) is -2.62. The molecular weight excluding hydrogens is 362 g/mol. The maximum Gasteiger partial charge on any atom is 0.341 e. The first-order valence-electron chi connectivity index (χ1n) is 8.98. The zero-order valence-electron chi connectivity index (χ0n) is 14.5. The molecule has 1 saturated heterocycles. The van der Waals surface area contributed by atoms with E-state index in [1.165, 1.54) is 25.0 Å². The fourth-order valence-electron chi connectivity index (χ4n) is 3.17. The van der Waals surface area contributed by atoms with Gasteiger partial charge in [0.15, 0.2) is 0 Å². The number of sulfone groups is 1. The van der Waals surface area contributed by atoms with Gasteiger partial charge in [-0.05, 0) is 55.8 Å². The average molecular weight is 386 g/mol.